The lowest BCUT2D eigenvalue weighted by Gasteiger charge is -2.39. The van der Waals surface area contributed by atoms with Crippen LogP contribution >= 0.6 is 0 Å². The number of benzene rings is 3. The van der Waals surface area contributed by atoms with Gasteiger partial charge in [0.2, 0.25) is 0 Å². The molecule has 0 heterocycles. The highest BCUT2D eigenvalue weighted by atomic mass is 32.2. The average Bonchev–Trinajstić information content (AvgIpc) is 3.27. The van der Waals surface area contributed by atoms with Crippen molar-refractivity contribution in [1.82, 2.24) is 0 Å². The third kappa shape index (κ3) is 4.86. The standard InChI is InChI=1S/C27H19F12NO3S/c1-2-3-13-44(41,42)43-40-21(23(30,31)25(34,35)27(38,39)26(36,37)24(32,33)22(28)29)19-12-11-18-15-8-5-4-7-14(15)16-9-6-10-17(19)20(16)18/h4-12,22H,2-3,13H2,1H3. The Kier molecular flexibility index (Phi) is 8.23. The number of nitrogens with zero attached hydrogens (tertiary/aromatic N) is 1. The number of unbranched alkanes of at least 4 members (excludes halogenated alkanes) is 1. The zero-order valence-corrected chi connectivity index (χ0v) is 22.8. The molecule has 3 aromatic carbocycles. The second kappa shape index (κ2) is 10.8. The van der Waals surface area contributed by atoms with Crippen molar-refractivity contribution < 1.29 is 65.4 Å². The molecular weight excluding hydrogens is 646 g/mol. The third-order valence-corrected chi connectivity index (χ3v) is 8.06. The molecular formula is C27H19F12NO3S. The summed E-state index contributed by atoms with van der Waals surface area (Å²) in [6.45, 7) is 1.49. The van der Waals surface area contributed by atoms with Gasteiger partial charge in [-0.25, -0.2) is 8.78 Å². The molecule has 0 aliphatic heterocycles. The number of oxime groups is 1. The highest BCUT2D eigenvalue weighted by Gasteiger charge is 2.88. The maximum absolute atomic E-state index is 15.6. The quantitative estimate of drug-likeness (QED) is 0.0864. The second-order valence-corrected chi connectivity index (χ2v) is 11.5. The first-order valence-electron chi connectivity index (χ1n) is 12.5. The lowest BCUT2D eigenvalue weighted by Crippen LogP contribution is -2.70. The maximum atomic E-state index is 15.6. The molecule has 4 rings (SSSR count). The monoisotopic (exact) mass is 665 g/mol. The Morgan fingerprint density at radius 3 is 1.84 bits per heavy atom. The molecule has 4 nitrogen and oxygen atoms in total. The van der Waals surface area contributed by atoms with Crippen LogP contribution in [-0.4, -0.2) is 55.9 Å². The Morgan fingerprint density at radius 1 is 0.750 bits per heavy atom. The molecule has 0 saturated carbocycles. The van der Waals surface area contributed by atoms with Crippen molar-refractivity contribution in [2.24, 2.45) is 5.16 Å². The Labute approximate surface area is 241 Å². The van der Waals surface area contributed by atoms with E-state index in [-0.39, 0.29) is 18.2 Å². The summed E-state index contributed by atoms with van der Waals surface area (Å²) in [4.78, 5) is 0. The molecule has 3 aromatic rings. The summed E-state index contributed by atoms with van der Waals surface area (Å²) >= 11 is 0. The van der Waals surface area contributed by atoms with Crippen molar-refractivity contribution in [1.29, 1.82) is 0 Å². The van der Waals surface area contributed by atoms with Gasteiger partial charge in [0.1, 0.15) is 0 Å². The Balaban J connectivity index is 1.99. The molecule has 0 atom stereocenters. The van der Waals surface area contributed by atoms with Crippen LogP contribution < -0.4 is 0 Å². The summed E-state index contributed by atoms with van der Waals surface area (Å²) in [6, 6.07) is 11.7. The minimum Gasteiger partial charge on any atom is -0.268 e. The van der Waals surface area contributed by atoms with E-state index in [4.69, 9.17) is 0 Å². The Morgan fingerprint density at radius 2 is 1.30 bits per heavy atom. The minimum absolute atomic E-state index is 0.0492. The largest absolute Gasteiger partial charge is 0.385 e. The molecule has 1 aliphatic rings. The van der Waals surface area contributed by atoms with Crippen molar-refractivity contribution >= 4 is 26.6 Å². The van der Waals surface area contributed by atoms with Crippen molar-refractivity contribution in [3.05, 3.63) is 60.2 Å². The molecule has 44 heavy (non-hydrogen) atoms. The van der Waals surface area contributed by atoms with E-state index in [9.17, 15) is 52.3 Å². The van der Waals surface area contributed by atoms with Gasteiger partial charge in [0, 0.05) is 5.56 Å². The van der Waals surface area contributed by atoms with Gasteiger partial charge < -0.3 is 0 Å². The van der Waals surface area contributed by atoms with Crippen molar-refractivity contribution in [3.8, 4) is 22.3 Å². The maximum Gasteiger partial charge on any atom is 0.385 e. The highest BCUT2D eigenvalue weighted by Crippen LogP contribution is 2.59. The predicted molar refractivity (Wildman–Crippen MR) is 135 cm³/mol. The zero-order valence-electron chi connectivity index (χ0n) is 22.0. The molecule has 0 N–H and O–H groups in total. The van der Waals surface area contributed by atoms with E-state index in [0.717, 1.165) is 12.1 Å². The molecule has 240 valence electrons. The first-order chi connectivity index (χ1) is 20.2. The summed E-state index contributed by atoms with van der Waals surface area (Å²) in [5.41, 5.74) is -2.24. The van der Waals surface area contributed by atoms with Crippen LogP contribution in [0.15, 0.2) is 59.8 Å². The Hall–Kier alpha value is -3.50. The minimum atomic E-state index is -7.86. The van der Waals surface area contributed by atoms with Crippen molar-refractivity contribution in [3.63, 3.8) is 0 Å². The normalized spacial score (nSPS) is 14.8. The van der Waals surface area contributed by atoms with Crippen LogP contribution in [0.1, 0.15) is 25.3 Å². The number of hydrogen-bond donors (Lipinski definition) is 0. The van der Waals surface area contributed by atoms with Gasteiger partial charge in [-0.1, -0.05) is 73.1 Å². The molecule has 0 fully saturated rings. The molecule has 0 bridgehead atoms. The molecule has 0 radical (unpaired) electrons. The molecule has 0 amide bonds. The number of hydrogen-bond acceptors (Lipinski definition) is 4. The fourth-order valence-electron chi connectivity index (χ4n) is 4.63. The molecule has 1 aliphatic carbocycles. The summed E-state index contributed by atoms with van der Waals surface area (Å²) in [7, 11) is -4.97. The lowest BCUT2D eigenvalue weighted by molar-refractivity contribution is -0.404. The Bertz CT molecular complexity index is 1690. The second-order valence-electron chi connectivity index (χ2n) is 9.79. The smallest absolute Gasteiger partial charge is 0.268 e. The van der Waals surface area contributed by atoms with Gasteiger partial charge in [0.25, 0.3) is 0 Å². The SMILES string of the molecule is CCCCS(=O)(=O)ON=C(c1ccc2c3c(cccc13)-c1ccccc1-2)C(F)(F)C(F)(F)C(F)(F)C(F)(F)C(F)(F)C(F)F. The summed E-state index contributed by atoms with van der Waals surface area (Å²) < 4.78 is 198. The fraction of sp³-hybridized carbons (Fsp3) is 0.370. The van der Waals surface area contributed by atoms with Crippen LogP contribution in [0.2, 0.25) is 0 Å². The summed E-state index contributed by atoms with van der Waals surface area (Å²) in [6.07, 6.45) is -5.67. The van der Waals surface area contributed by atoms with E-state index in [2.05, 4.69) is 9.44 Å². The molecule has 0 saturated heterocycles. The van der Waals surface area contributed by atoms with Gasteiger partial charge in [-0.05, 0) is 39.4 Å². The average molecular weight is 665 g/mol. The van der Waals surface area contributed by atoms with Crippen LogP contribution in [-0.2, 0) is 14.4 Å². The van der Waals surface area contributed by atoms with Gasteiger partial charge in [0.05, 0.1) is 5.75 Å². The highest BCUT2D eigenvalue weighted by molar-refractivity contribution is 7.86. The van der Waals surface area contributed by atoms with Crippen LogP contribution in [0.5, 0.6) is 0 Å². The number of fused-ring (bicyclic) bond motifs is 3. The fourth-order valence-corrected chi connectivity index (χ4v) is 5.54. The van der Waals surface area contributed by atoms with Gasteiger partial charge in [0.15, 0.2) is 5.71 Å². The van der Waals surface area contributed by atoms with Gasteiger partial charge in [-0.15, -0.1) is 0 Å². The molecule has 0 aromatic heterocycles. The number of alkyl halides is 12. The van der Waals surface area contributed by atoms with E-state index in [0.29, 0.717) is 28.3 Å². The van der Waals surface area contributed by atoms with Crippen molar-refractivity contribution in [2.45, 2.75) is 55.8 Å². The number of halogens is 12. The number of rotatable bonds is 12. The molecule has 0 unspecified atom stereocenters. The molecule has 0 spiro atoms. The first-order valence-corrected chi connectivity index (χ1v) is 14.1. The van der Waals surface area contributed by atoms with E-state index >= 15 is 8.78 Å². The summed E-state index contributed by atoms with van der Waals surface area (Å²) in [5.74, 6) is -38.1. The van der Waals surface area contributed by atoms with Gasteiger partial charge in [-0.2, -0.15) is 52.3 Å². The zero-order chi connectivity index (χ0) is 33.1. The summed E-state index contributed by atoms with van der Waals surface area (Å²) in [5, 5.41) is 2.11. The van der Waals surface area contributed by atoms with E-state index in [1.165, 1.54) is 19.1 Å². The lowest BCUT2D eigenvalue weighted by atomic mass is 9.87. The van der Waals surface area contributed by atoms with Crippen LogP contribution in [0, 0.1) is 0 Å². The van der Waals surface area contributed by atoms with Gasteiger partial charge >= 0.3 is 46.2 Å². The molecule has 17 heteroatoms. The van der Waals surface area contributed by atoms with Crippen LogP contribution in [0.4, 0.5) is 52.7 Å². The topological polar surface area (TPSA) is 55.7 Å². The van der Waals surface area contributed by atoms with E-state index in [1.54, 1.807) is 24.3 Å². The van der Waals surface area contributed by atoms with Crippen molar-refractivity contribution in [2.75, 3.05) is 5.75 Å². The van der Waals surface area contributed by atoms with Gasteiger partial charge in [-0.3, -0.25) is 4.28 Å². The third-order valence-electron chi connectivity index (χ3n) is 6.97. The van der Waals surface area contributed by atoms with Crippen LogP contribution in [0.3, 0.4) is 0 Å². The predicted octanol–water partition coefficient (Wildman–Crippen LogP) is 8.78. The van der Waals surface area contributed by atoms with Crippen LogP contribution in [0.25, 0.3) is 33.0 Å². The van der Waals surface area contributed by atoms with E-state index < -0.39 is 68.6 Å². The first kappa shape index (κ1) is 33.4. The van der Waals surface area contributed by atoms with E-state index in [1.807, 2.05) is 0 Å².